The molecule has 2 rings (SSSR count). The molecular weight excluding hydrogens is 393 g/mol. The lowest BCUT2D eigenvalue weighted by atomic mass is 10.3. The van der Waals surface area contributed by atoms with Crippen LogP contribution in [0.5, 0.6) is 0 Å². The number of nitrogens with two attached hydrogens (primary N) is 1. The van der Waals surface area contributed by atoms with Crippen LogP contribution in [-0.4, -0.2) is 41.8 Å². The van der Waals surface area contributed by atoms with E-state index in [0.29, 0.717) is 19.1 Å². The summed E-state index contributed by atoms with van der Waals surface area (Å²) >= 11 is 0. The van der Waals surface area contributed by atoms with Gasteiger partial charge in [0.25, 0.3) is 0 Å². The van der Waals surface area contributed by atoms with Crippen molar-refractivity contribution >= 4 is 41.0 Å². The van der Waals surface area contributed by atoms with Crippen molar-refractivity contribution in [1.29, 1.82) is 0 Å². The van der Waals surface area contributed by atoms with Crippen LogP contribution in [0.1, 0.15) is 13.3 Å². The molecule has 1 atom stereocenters. The molecule has 1 heterocycles. The van der Waals surface area contributed by atoms with Gasteiger partial charge >= 0.3 is 0 Å². The lowest BCUT2D eigenvalue weighted by Crippen LogP contribution is -2.40. The van der Waals surface area contributed by atoms with E-state index < -0.39 is 0 Å². The van der Waals surface area contributed by atoms with E-state index in [1.165, 1.54) is 0 Å². The van der Waals surface area contributed by atoms with Crippen molar-refractivity contribution in [1.82, 2.24) is 14.9 Å². The SMILES string of the molecule is COCC(C)NC(N)=NCCCn1cnc2ccccc21.I. The molecule has 0 aliphatic carbocycles. The minimum atomic E-state index is 0. The molecular formula is C15H24IN5O. The molecule has 122 valence electrons. The third kappa shape index (κ3) is 5.45. The third-order valence-electron chi connectivity index (χ3n) is 3.18. The summed E-state index contributed by atoms with van der Waals surface area (Å²) in [6.45, 7) is 4.18. The normalized spacial score (nSPS) is 12.9. The number of aromatic nitrogens is 2. The third-order valence-corrected chi connectivity index (χ3v) is 3.18. The molecule has 0 fully saturated rings. The minimum absolute atomic E-state index is 0. The molecule has 1 aromatic heterocycles. The van der Waals surface area contributed by atoms with Gasteiger partial charge in [-0.05, 0) is 25.5 Å². The summed E-state index contributed by atoms with van der Waals surface area (Å²) in [6.07, 6.45) is 2.79. The molecule has 22 heavy (non-hydrogen) atoms. The summed E-state index contributed by atoms with van der Waals surface area (Å²) in [5.74, 6) is 0.468. The Morgan fingerprint density at radius 3 is 3.00 bits per heavy atom. The zero-order valence-corrected chi connectivity index (χ0v) is 15.4. The van der Waals surface area contributed by atoms with Crippen molar-refractivity contribution in [3.8, 4) is 0 Å². The summed E-state index contributed by atoms with van der Waals surface area (Å²) in [6, 6.07) is 8.28. The molecule has 1 aromatic carbocycles. The highest BCUT2D eigenvalue weighted by atomic mass is 127. The first kappa shape index (κ1) is 18.7. The number of aryl methyl sites for hydroxylation is 1. The highest BCUT2D eigenvalue weighted by Gasteiger charge is 2.02. The van der Waals surface area contributed by atoms with Gasteiger partial charge < -0.3 is 20.4 Å². The molecule has 0 aliphatic rings. The fraction of sp³-hybridized carbons (Fsp3) is 0.467. The molecule has 0 aliphatic heterocycles. The van der Waals surface area contributed by atoms with Gasteiger partial charge in [0.05, 0.1) is 24.0 Å². The van der Waals surface area contributed by atoms with Gasteiger partial charge in [0, 0.05) is 26.2 Å². The molecule has 0 radical (unpaired) electrons. The number of aliphatic imine (C=N–C) groups is 1. The molecule has 6 nitrogen and oxygen atoms in total. The number of para-hydroxylation sites is 2. The van der Waals surface area contributed by atoms with Gasteiger partial charge in [0.1, 0.15) is 0 Å². The number of nitrogens with zero attached hydrogens (tertiary/aromatic N) is 3. The van der Waals surface area contributed by atoms with Gasteiger partial charge in [-0.3, -0.25) is 4.99 Å². The van der Waals surface area contributed by atoms with Crippen molar-refractivity contribution in [3.05, 3.63) is 30.6 Å². The Labute approximate surface area is 148 Å². The van der Waals surface area contributed by atoms with E-state index in [1.807, 2.05) is 31.5 Å². The number of hydrogen-bond acceptors (Lipinski definition) is 3. The summed E-state index contributed by atoms with van der Waals surface area (Å²) in [5.41, 5.74) is 8.00. The van der Waals surface area contributed by atoms with Gasteiger partial charge in [0.15, 0.2) is 5.96 Å². The van der Waals surface area contributed by atoms with Crippen LogP contribution in [0.2, 0.25) is 0 Å². The standard InChI is InChI=1S/C15H23N5O.HI/c1-12(10-21-2)19-15(16)17-8-5-9-20-11-18-13-6-3-4-7-14(13)20;/h3-4,6-7,11-12H,5,8-10H2,1-2H3,(H3,16,17,19);1H. The quantitative estimate of drug-likeness (QED) is 0.313. The van der Waals surface area contributed by atoms with Crippen molar-refractivity contribution in [3.63, 3.8) is 0 Å². The number of halogens is 1. The number of benzene rings is 1. The zero-order valence-electron chi connectivity index (χ0n) is 13.0. The Morgan fingerprint density at radius 2 is 2.23 bits per heavy atom. The maximum Gasteiger partial charge on any atom is 0.188 e. The number of hydrogen-bond donors (Lipinski definition) is 2. The van der Waals surface area contributed by atoms with Crippen molar-refractivity contribution < 1.29 is 4.74 Å². The number of methoxy groups -OCH3 is 1. The van der Waals surface area contributed by atoms with Crippen LogP contribution in [0.15, 0.2) is 35.6 Å². The maximum atomic E-state index is 5.82. The van der Waals surface area contributed by atoms with E-state index in [0.717, 1.165) is 24.0 Å². The second-order valence-corrected chi connectivity index (χ2v) is 5.05. The lowest BCUT2D eigenvalue weighted by molar-refractivity contribution is 0.179. The molecule has 0 saturated heterocycles. The van der Waals surface area contributed by atoms with Gasteiger partial charge in [-0.1, -0.05) is 12.1 Å². The number of rotatable bonds is 7. The largest absolute Gasteiger partial charge is 0.383 e. The Hall–Kier alpha value is -1.35. The van der Waals surface area contributed by atoms with Crippen LogP contribution >= 0.6 is 24.0 Å². The molecule has 0 saturated carbocycles. The second kappa shape index (κ2) is 9.62. The molecule has 1 unspecified atom stereocenters. The number of ether oxygens (including phenoxy) is 1. The highest BCUT2D eigenvalue weighted by Crippen LogP contribution is 2.11. The molecule has 0 bridgehead atoms. The van der Waals surface area contributed by atoms with Crippen LogP contribution in [0.4, 0.5) is 0 Å². The van der Waals surface area contributed by atoms with Crippen LogP contribution in [0.3, 0.4) is 0 Å². The Kier molecular flexibility index (Phi) is 8.18. The Morgan fingerprint density at radius 1 is 1.45 bits per heavy atom. The summed E-state index contributed by atoms with van der Waals surface area (Å²) in [5, 5.41) is 3.09. The Balaban J connectivity index is 0.00000242. The molecule has 0 spiro atoms. The summed E-state index contributed by atoms with van der Waals surface area (Å²) < 4.78 is 7.18. The predicted octanol–water partition coefficient (Wildman–Crippen LogP) is 1.98. The van der Waals surface area contributed by atoms with Crippen molar-refractivity contribution in [2.75, 3.05) is 20.3 Å². The number of guanidine groups is 1. The predicted molar refractivity (Wildman–Crippen MR) is 101 cm³/mol. The monoisotopic (exact) mass is 417 g/mol. The van der Waals surface area contributed by atoms with E-state index in [2.05, 4.69) is 25.9 Å². The first-order chi connectivity index (χ1) is 10.2. The van der Waals surface area contributed by atoms with E-state index in [1.54, 1.807) is 7.11 Å². The van der Waals surface area contributed by atoms with E-state index in [9.17, 15) is 0 Å². The molecule has 2 aromatic rings. The van der Waals surface area contributed by atoms with E-state index in [-0.39, 0.29) is 30.0 Å². The molecule has 3 N–H and O–H groups in total. The Bertz CT molecular complexity index is 598. The first-order valence-corrected chi connectivity index (χ1v) is 7.16. The zero-order chi connectivity index (χ0) is 15.1. The fourth-order valence-corrected chi connectivity index (χ4v) is 2.22. The maximum absolute atomic E-state index is 5.82. The van der Waals surface area contributed by atoms with Gasteiger partial charge in [-0.15, -0.1) is 24.0 Å². The van der Waals surface area contributed by atoms with Gasteiger partial charge in [-0.25, -0.2) is 4.98 Å². The van der Waals surface area contributed by atoms with Crippen molar-refractivity contribution in [2.24, 2.45) is 10.7 Å². The average Bonchev–Trinajstić information content (AvgIpc) is 2.87. The molecule has 0 amide bonds. The van der Waals surface area contributed by atoms with Gasteiger partial charge in [-0.2, -0.15) is 0 Å². The van der Waals surface area contributed by atoms with Crippen molar-refractivity contribution in [2.45, 2.75) is 25.9 Å². The van der Waals surface area contributed by atoms with Crippen LogP contribution in [0.25, 0.3) is 11.0 Å². The van der Waals surface area contributed by atoms with E-state index >= 15 is 0 Å². The average molecular weight is 417 g/mol. The van der Waals surface area contributed by atoms with Crippen LogP contribution in [-0.2, 0) is 11.3 Å². The van der Waals surface area contributed by atoms with E-state index in [4.69, 9.17) is 10.5 Å². The summed E-state index contributed by atoms with van der Waals surface area (Å²) in [7, 11) is 1.67. The van der Waals surface area contributed by atoms with Crippen LogP contribution < -0.4 is 11.1 Å². The number of imidazole rings is 1. The number of nitrogens with one attached hydrogen (secondary N) is 1. The van der Waals surface area contributed by atoms with Crippen LogP contribution in [0, 0.1) is 0 Å². The fourth-order valence-electron chi connectivity index (χ4n) is 2.22. The first-order valence-electron chi connectivity index (χ1n) is 7.16. The topological polar surface area (TPSA) is 77.5 Å². The lowest BCUT2D eigenvalue weighted by Gasteiger charge is -2.13. The minimum Gasteiger partial charge on any atom is -0.383 e. The summed E-state index contributed by atoms with van der Waals surface area (Å²) in [4.78, 5) is 8.69. The second-order valence-electron chi connectivity index (χ2n) is 5.05. The van der Waals surface area contributed by atoms with Gasteiger partial charge in [0.2, 0.25) is 0 Å². The smallest absolute Gasteiger partial charge is 0.188 e. The number of fused-ring (bicyclic) bond motifs is 1. The molecule has 7 heteroatoms. The highest BCUT2D eigenvalue weighted by molar-refractivity contribution is 14.0.